The zero-order chi connectivity index (χ0) is 47.4. The fourth-order valence-electron chi connectivity index (χ4n) is 8.40. The van der Waals surface area contributed by atoms with Crippen LogP contribution in [0.15, 0.2) is 59.7 Å². The number of anilines is 2. The number of aromatic nitrogens is 2. The van der Waals surface area contributed by atoms with Gasteiger partial charge in [0.05, 0.1) is 53.4 Å². The number of hydrogen-bond donors (Lipinski definition) is 3. The number of benzene rings is 3. The maximum Gasteiger partial charge on any atom is 0.272 e. The number of halogens is 2. The third-order valence-corrected chi connectivity index (χ3v) is 13.4. The van der Waals surface area contributed by atoms with E-state index in [1.54, 1.807) is 34.9 Å². The first kappa shape index (κ1) is 50.4. The van der Waals surface area contributed by atoms with Crippen molar-refractivity contribution in [1.29, 1.82) is 5.26 Å². The molecule has 2 atom stereocenters. The predicted molar refractivity (Wildman–Crippen MR) is 256 cm³/mol. The van der Waals surface area contributed by atoms with Gasteiger partial charge >= 0.3 is 0 Å². The van der Waals surface area contributed by atoms with Gasteiger partial charge in [-0.05, 0) is 80.8 Å². The van der Waals surface area contributed by atoms with Crippen molar-refractivity contribution in [2.75, 3.05) is 82.7 Å². The van der Waals surface area contributed by atoms with Crippen molar-refractivity contribution in [1.82, 2.24) is 29.0 Å². The average Bonchev–Trinajstić information content (AvgIpc) is 3.75. The van der Waals surface area contributed by atoms with Crippen molar-refractivity contribution in [3.63, 3.8) is 0 Å². The molecule has 1 aromatic heterocycles. The van der Waals surface area contributed by atoms with Crippen molar-refractivity contribution in [3.8, 4) is 23.3 Å². The van der Waals surface area contributed by atoms with E-state index in [4.69, 9.17) is 13.7 Å². The van der Waals surface area contributed by atoms with Crippen molar-refractivity contribution < 1.29 is 36.3 Å². The van der Waals surface area contributed by atoms with Gasteiger partial charge in [-0.25, -0.2) is 26.2 Å². The minimum absolute atomic E-state index is 0.00998. The van der Waals surface area contributed by atoms with Gasteiger partial charge in [0.1, 0.15) is 23.7 Å². The number of thiol groups is 1. The quantitative estimate of drug-likeness (QED) is 0.0370. The monoisotopic (exact) mass is 963 g/mol. The van der Waals surface area contributed by atoms with Crippen molar-refractivity contribution in [2.45, 2.75) is 56.6 Å². The summed E-state index contributed by atoms with van der Waals surface area (Å²) in [5.74, 6) is -1.19. The Morgan fingerprint density at radius 3 is 2.58 bits per heavy atom. The number of nitrogens with one attached hydrogen (secondary N) is 2. The second kappa shape index (κ2) is 23.6. The standard InChI is InChI=1S/C44H51F2N9O7S2.BHS/c1-4-51(3)64-50-37-10-8-35(45)42(34(37)24-47)61-32-7-9-36-33(22-32)43(59)55(28-49-36)31-23-44(60-27-31)13-15-54(16-14-44)41(58)25-52-17-19-53(20-18-52)38-11-5-29(21-39(38)62-63-46)30(26-56)6-12-40(57)48-2;1-2/h5,7-11,21-22,26,28,30-31,50H,4,6,12-20,23,25,27H2,1-3H3,(H,48,57);2H. The fraction of sp³-hybridized carbons (Fsp3) is 0.455. The summed E-state index contributed by atoms with van der Waals surface area (Å²) in [6.45, 7) is 6.65. The number of ether oxygens (including phenoxy) is 2. The lowest BCUT2D eigenvalue weighted by atomic mass is 9.87. The van der Waals surface area contributed by atoms with Gasteiger partial charge in [0.2, 0.25) is 11.8 Å². The highest BCUT2D eigenvalue weighted by atomic mass is 32.2. The highest BCUT2D eigenvalue weighted by Crippen LogP contribution is 2.41. The molecule has 66 heavy (non-hydrogen) atoms. The first-order chi connectivity index (χ1) is 32.0. The summed E-state index contributed by atoms with van der Waals surface area (Å²) in [5, 5.41) is 12.8. The van der Waals surface area contributed by atoms with Crippen LogP contribution >= 0.6 is 37.0 Å². The predicted octanol–water partition coefficient (Wildman–Crippen LogP) is 5.99. The number of rotatable bonds is 17. The third kappa shape index (κ3) is 11.9. The molecule has 3 saturated heterocycles. The number of carbonyl (C=O) groups excluding carboxylic acids is 3. The van der Waals surface area contributed by atoms with Crippen molar-refractivity contribution in [2.24, 2.45) is 0 Å². The Morgan fingerprint density at radius 2 is 1.89 bits per heavy atom. The molecule has 2 amide bonds. The van der Waals surface area contributed by atoms with Gasteiger partial charge in [0.15, 0.2) is 24.4 Å². The highest BCUT2D eigenvalue weighted by molar-refractivity contribution is 8.03. The van der Waals surface area contributed by atoms with E-state index in [0.717, 1.165) is 12.8 Å². The molecule has 4 aromatic rings. The van der Waals surface area contributed by atoms with Crippen LogP contribution in [-0.2, 0) is 19.1 Å². The summed E-state index contributed by atoms with van der Waals surface area (Å²) >= 11 is 4.02. The summed E-state index contributed by atoms with van der Waals surface area (Å²) in [6, 6.07) is 14.4. The molecule has 0 bridgehead atoms. The lowest BCUT2D eigenvalue weighted by molar-refractivity contribution is -0.137. The number of fused-ring (bicyclic) bond motifs is 1. The maximum atomic E-state index is 15.1. The molecule has 7 rings (SSSR count). The van der Waals surface area contributed by atoms with E-state index in [-0.39, 0.29) is 77.0 Å². The minimum Gasteiger partial charge on any atom is -0.453 e. The Morgan fingerprint density at radius 1 is 1.14 bits per heavy atom. The van der Waals surface area contributed by atoms with Gasteiger partial charge < -0.3 is 38.3 Å². The molecule has 3 fully saturated rings. The van der Waals surface area contributed by atoms with Crippen LogP contribution in [0.4, 0.5) is 19.7 Å². The molecular formula is C44H52BF2N9O7S3. The highest BCUT2D eigenvalue weighted by Gasteiger charge is 2.44. The Balaban J connectivity index is 0.00000355. The van der Waals surface area contributed by atoms with Gasteiger partial charge in [0, 0.05) is 77.3 Å². The molecule has 0 aliphatic carbocycles. The number of carbonyl (C=O) groups is 3. The maximum absolute atomic E-state index is 15.1. The molecule has 0 saturated carbocycles. The van der Waals surface area contributed by atoms with Crippen LogP contribution in [0.25, 0.3) is 10.9 Å². The van der Waals surface area contributed by atoms with E-state index in [1.165, 1.54) is 43.7 Å². The first-order valence-corrected chi connectivity index (χ1v) is 23.4. The fourth-order valence-corrected chi connectivity index (χ4v) is 9.15. The topological polar surface area (TPSA) is 175 Å². The van der Waals surface area contributed by atoms with Crippen LogP contribution in [0.1, 0.15) is 62.1 Å². The average molecular weight is 964 g/mol. The molecule has 3 aliphatic heterocycles. The largest absolute Gasteiger partial charge is 0.453 e. The van der Waals surface area contributed by atoms with E-state index >= 15 is 4.39 Å². The lowest BCUT2D eigenvalue weighted by Gasteiger charge is -2.40. The van der Waals surface area contributed by atoms with Gasteiger partial charge in [-0.15, -0.1) is 3.89 Å². The number of piperidine rings is 1. The van der Waals surface area contributed by atoms with Crippen molar-refractivity contribution >= 4 is 84.5 Å². The number of amides is 2. The molecular weight excluding hydrogens is 912 g/mol. The van der Waals surface area contributed by atoms with E-state index in [0.29, 0.717) is 94.0 Å². The van der Waals surface area contributed by atoms with Gasteiger partial charge in [0.25, 0.3) is 18.0 Å². The molecule has 3 aliphatic rings. The number of nitriles is 1. The van der Waals surface area contributed by atoms with E-state index in [9.17, 15) is 28.3 Å². The molecule has 2 radical (unpaired) electrons. The summed E-state index contributed by atoms with van der Waals surface area (Å²) < 4.78 is 52.6. The van der Waals surface area contributed by atoms with Crippen molar-refractivity contribution in [3.05, 3.63) is 82.2 Å². The van der Waals surface area contributed by atoms with Crippen LogP contribution in [0.2, 0.25) is 0 Å². The molecule has 22 heteroatoms. The van der Waals surface area contributed by atoms with E-state index < -0.39 is 17.3 Å². The molecule has 1 spiro atoms. The third-order valence-electron chi connectivity index (χ3n) is 12.3. The molecule has 4 heterocycles. The Bertz CT molecular complexity index is 2450. The van der Waals surface area contributed by atoms with E-state index in [1.807, 2.05) is 29.2 Å². The van der Waals surface area contributed by atoms with E-state index in [2.05, 4.69) is 44.4 Å². The summed E-state index contributed by atoms with van der Waals surface area (Å²) in [6.07, 6.45) is 4.61. The zero-order valence-corrected chi connectivity index (χ0v) is 39.4. The second-order valence-electron chi connectivity index (χ2n) is 16.1. The molecule has 2 N–H and O–H groups in total. The molecule has 350 valence electrons. The summed E-state index contributed by atoms with van der Waals surface area (Å²) in [5.41, 5.74) is 1.34. The number of likely N-dealkylation sites (tertiary alicyclic amines) is 1. The zero-order valence-electron chi connectivity index (χ0n) is 36.9. The lowest BCUT2D eigenvalue weighted by Crippen LogP contribution is -2.52. The Hall–Kier alpha value is -5.05. The number of hydrogen-bond acceptors (Lipinski definition) is 16. The number of nitrogens with zero attached hydrogens (tertiary/aromatic N) is 7. The van der Waals surface area contributed by atoms with Crippen LogP contribution < -0.4 is 29.4 Å². The SMILES string of the molecule is CCN(C)SNc1ccc(F)c(Oc2ccc3ncn(C4COC5(CCN(C(=O)CN6CCN(c7ccc(C(C=O)CCC(=O)NC)cc7OSF)CC6)CC5)C4)c(=O)c3c2)c1C#N.[B]S. The van der Waals surface area contributed by atoms with Crippen LogP contribution in [-0.4, -0.2) is 128 Å². The Kier molecular flexibility index (Phi) is 18.0. The molecule has 3 aromatic carbocycles. The van der Waals surface area contributed by atoms with Gasteiger partial charge in [-0.1, -0.05) is 13.0 Å². The second-order valence-corrected chi connectivity index (χ2v) is 17.4. The van der Waals surface area contributed by atoms with Gasteiger partial charge in [-0.3, -0.25) is 23.9 Å². The smallest absolute Gasteiger partial charge is 0.272 e. The normalized spacial score (nSPS) is 17.5. The minimum atomic E-state index is -0.719. The van der Waals surface area contributed by atoms with Gasteiger partial charge in [-0.2, -0.15) is 5.26 Å². The van der Waals surface area contributed by atoms with Crippen LogP contribution in [0.5, 0.6) is 17.2 Å². The Labute approximate surface area is 398 Å². The number of aldehydes is 1. The molecule has 16 nitrogen and oxygen atoms in total. The van der Waals surface area contributed by atoms with Crippen LogP contribution in [0.3, 0.4) is 0 Å². The first-order valence-electron chi connectivity index (χ1n) is 21.4. The molecule has 2 unspecified atom stereocenters. The number of piperazine rings is 1. The van der Waals surface area contributed by atoms with Crippen LogP contribution in [0, 0.1) is 17.1 Å². The summed E-state index contributed by atoms with van der Waals surface area (Å²) in [7, 11) is 7.61. The summed E-state index contributed by atoms with van der Waals surface area (Å²) in [4.78, 5) is 61.7.